The smallest absolute Gasteiger partial charge is 0.368 e. The molecule has 1 aromatic carbocycles. The first-order valence-electron chi connectivity index (χ1n) is 5.93. The lowest BCUT2D eigenvalue weighted by molar-refractivity contribution is -0.141. The molecule has 0 fully saturated rings. The van der Waals surface area contributed by atoms with Gasteiger partial charge >= 0.3 is 6.18 Å². The number of aromatic nitrogens is 2. The van der Waals surface area contributed by atoms with Crippen molar-refractivity contribution in [2.45, 2.75) is 12.7 Å². The van der Waals surface area contributed by atoms with E-state index in [0.29, 0.717) is 5.56 Å². The summed E-state index contributed by atoms with van der Waals surface area (Å²) in [7, 11) is 1.53. The van der Waals surface area contributed by atoms with E-state index in [1.807, 2.05) is 0 Å². The predicted molar refractivity (Wildman–Crippen MR) is 70.0 cm³/mol. The van der Waals surface area contributed by atoms with Gasteiger partial charge in [0, 0.05) is 19.7 Å². The number of alkyl halides is 3. The summed E-state index contributed by atoms with van der Waals surface area (Å²) in [5.74, 6) is -0.871. The van der Waals surface area contributed by atoms with E-state index >= 15 is 0 Å². The van der Waals surface area contributed by atoms with Crippen LogP contribution in [0.2, 0.25) is 0 Å². The van der Waals surface area contributed by atoms with Crippen LogP contribution in [0.1, 0.15) is 11.3 Å². The van der Waals surface area contributed by atoms with Gasteiger partial charge in [-0.25, -0.2) is 9.37 Å². The molecule has 0 spiro atoms. The maximum atomic E-state index is 13.1. The van der Waals surface area contributed by atoms with Crippen LogP contribution in [0, 0.1) is 5.82 Å². The van der Waals surface area contributed by atoms with E-state index in [1.165, 1.54) is 30.1 Å². The van der Waals surface area contributed by atoms with E-state index in [-0.39, 0.29) is 12.4 Å². The summed E-state index contributed by atoms with van der Waals surface area (Å²) in [4.78, 5) is 8.36. The Kier molecular flexibility index (Phi) is 3.97. The molecule has 112 valence electrons. The minimum absolute atomic E-state index is 0.0130. The largest absolute Gasteiger partial charge is 0.433 e. The Morgan fingerprint density at radius 2 is 1.90 bits per heavy atom. The highest BCUT2D eigenvalue weighted by molar-refractivity contribution is 5.44. The van der Waals surface area contributed by atoms with Crippen molar-refractivity contribution < 1.29 is 17.6 Å². The first kappa shape index (κ1) is 15.0. The number of hydrogen-bond donors (Lipinski definition) is 1. The third-order valence-corrected chi connectivity index (χ3v) is 2.72. The first-order chi connectivity index (χ1) is 9.75. The number of hydrogen-bond acceptors (Lipinski definition) is 4. The topological polar surface area (TPSA) is 55.0 Å². The maximum absolute atomic E-state index is 13.1. The highest BCUT2D eigenvalue weighted by Gasteiger charge is 2.33. The number of nitrogen functional groups attached to an aromatic ring is 1. The van der Waals surface area contributed by atoms with Crippen LogP contribution in [0.4, 0.5) is 29.3 Å². The number of nitrogens with two attached hydrogens (primary N) is 1. The van der Waals surface area contributed by atoms with Gasteiger partial charge in [0.15, 0.2) is 5.69 Å². The molecule has 2 rings (SSSR count). The Bertz CT molecular complexity index is 642. The Balaban J connectivity index is 2.27. The van der Waals surface area contributed by atoms with Crippen molar-refractivity contribution in [2.24, 2.45) is 0 Å². The van der Waals surface area contributed by atoms with Crippen molar-refractivity contribution in [1.82, 2.24) is 9.97 Å². The molecule has 0 saturated carbocycles. The summed E-state index contributed by atoms with van der Waals surface area (Å²) >= 11 is 0. The standard InChI is InChI=1S/C13H12F4N4/c1-21(7-8-3-2-4-9(14)5-8)11-6-10(13(15,16)17)19-12(18)20-11/h2-6H,7H2,1H3,(H2,18,19,20). The Hall–Kier alpha value is -2.38. The zero-order valence-corrected chi connectivity index (χ0v) is 11.0. The molecule has 0 aliphatic carbocycles. The Labute approximate surface area is 118 Å². The molecule has 0 bridgehead atoms. The van der Waals surface area contributed by atoms with Crippen LogP contribution in [0.5, 0.6) is 0 Å². The molecule has 2 aromatic rings. The van der Waals surface area contributed by atoms with E-state index < -0.39 is 23.6 Å². The summed E-state index contributed by atoms with van der Waals surface area (Å²) in [6, 6.07) is 6.57. The second kappa shape index (κ2) is 5.55. The summed E-state index contributed by atoms with van der Waals surface area (Å²) in [6.45, 7) is 0.186. The SMILES string of the molecule is CN(Cc1cccc(F)c1)c1cc(C(F)(F)F)nc(N)n1. The summed E-state index contributed by atoms with van der Waals surface area (Å²) in [5, 5.41) is 0. The van der Waals surface area contributed by atoms with E-state index in [0.717, 1.165) is 6.07 Å². The van der Waals surface area contributed by atoms with Crippen molar-refractivity contribution in [3.05, 3.63) is 47.4 Å². The monoisotopic (exact) mass is 300 g/mol. The van der Waals surface area contributed by atoms with Crippen LogP contribution < -0.4 is 10.6 Å². The van der Waals surface area contributed by atoms with Crippen molar-refractivity contribution in [3.63, 3.8) is 0 Å². The van der Waals surface area contributed by atoms with Crippen molar-refractivity contribution in [3.8, 4) is 0 Å². The van der Waals surface area contributed by atoms with Crippen LogP contribution in [0.25, 0.3) is 0 Å². The summed E-state index contributed by atoms with van der Waals surface area (Å²) in [5.41, 5.74) is 4.79. The first-order valence-corrected chi connectivity index (χ1v) is 5.93. The summed E-state index contributed by atoms with van der Waals surface area (Å²) < 4.78 is 51.1. The van der Waals surface area contributed by atoms with E-state index in [2.05, 4.69) is 9.97 Å². The summed E-state index contributed by atoms with van der Waals surface area (Å²) in [6.07, 6.45) is -4.61. The van der Waals surface area contributed by atoms with E-state index in [9.17, 15) is 17.6 Å². The van der Waals surface area contributed by atoms with Gasteiger partial charge in [0.05, 0.1) is 0 Å². The Morgan fingerprint density at radius 3 is 2.52 bits per heavy atom. The van der Waals surface area contributed by atoms with Crippen molar-refractivity contribution >= 4 is 11.8 Å². The second-order valence-corrected chi connectivity index (χ2v) is 4.45. The third kappa shape index (κ3) is 3.80. The lowest BCUT2D eigenvalue weighted by atomic mass is 10.2. The van der Waals surface area contributed by atoms with Gasteiger partial charge in [-0.05, 0) is 17.7 Å². The van der Waals surface area contributed by atoms with Crippen LogP contribution in [-0.2, 0) is 12.7 Å². The van der Waals surface area contributed by atoms with Gasteiger partial charge in [-0.3, -0.25) is 0 Å². The van der Waals surface area contributed by atoms with Gasteiger partial charge in [-0.15, -0.1) is 0 Å². The molecule has 0 saturated heterocycles. The molecule has 0 aliphatic heterocycles. The van der Waals surface area contributed by atoms with Gasteiger partial charge in [-0.1, -0.05) is 12.1 Å². The van der Waals surface area contributed by atoms with E-state index in [4.69, 9.17) is 5.73 Å². The third-order valence-electron chi connectivity index (χ3n) is 2.72. The molecule has 21 heavy (non-hydrogen) atoms. The van der Waals surface area contributed by atoms with Crippen molar-refractivity contribution in [2.75, 3.05) is 17.7 Å². The van der Waals surface area contributed by atoms with Gasteiger partial charge in [-0.2, -0.15) is 18.2 Å². The molecule has 1 heterocycles. The molecular weight excluding hydrogens is 288 g/mol. The predicted octanol–water partition coefficient (Wildman–Crippen LogP) is 2.85. The molecule has 4 nitrogen and oxygen atoms in total. The van der Waals surface area contributed by atoms with Crippen LogP contribution in [0.3, 0.4) is 0 Å². The molecule has 0 unspecified atom stereocenters. The van der Waals surface area contributed by atoms with Gasteiger partial charge in [0.1, 0.15) is 11.6 Å². The van der Waals surface area contributed by atoms with E-state index in [1.54, 1.807) is 6.07 Å². The molecule has 0 amide bonds. The molecule has 0 radical (unpaired) electrons. The average molecular weight is 300 g/mol. The number of benzene rings is 1. The highest BCUT2D eigenvalue weighted by atomic mass is 19.4. The van der Waals surface area contributed by atoms with Crippen molar-refractivity contribution in [1.29, 1.82) is 0 Å². The van der Waals surface area contributed by atoms with Crippen LogP contribution >= 0.6 is 0 Å². The lowest BCUT2D eigenvalue weighted by Gasteiger charge is -2.19. The second-order valence-electron chi connectivity index (χ2n) is 4.45. The Morgan fingerprint density at radius 1 is 1.19 bits per heavy atom. The zero-order chi connectivity index (χ0) is 15.6. The molecule has 1 aromatic heterocycles. The molecule has 0 aliphatic rings. The van der Waals surface area contributed by atoms with Gasteiger partial charge in [0.2, 0.25) is 5.95 Å². The molecule has 8 heteroatoms. The lowest BCUT2D eigenvalue weighted by Crippen LogP contribution is -2.20. The highest BCUT2D eigenvalue weighted by Crippen LogP contribution is 2.30. The minimum Gasteiger partial charge on any atom is -0.368 e. The minimum atomic E-state index is -4.61. The van der Waals surface area contributed by atoms with Gasteiger partial charge in [0.25, 0.3) is 0 Å². The zero-order valence-electron chi connectivity index (χ0n) is 11.0. The van der Waals surface area contributed by atoms with Gasteiger partial charge < -0.3 is 10.6 Å². The molecular formula is C13H12F4N4. The average Bonchev–Trinajstić information content (AvgIpc) is 2.37. The fraction of sp³-hybridized carbons (Fsp3) is 0.231. The number of rotatable bonds is 3. The van der Waals surface area contributed by atoms with Crippen LogP contribution in [0.15, 0.2) is 30.3 Å². The number of nitrogens with zero attached hydrogens (tertiary/aromatic N) is 3. The fourth-order valence-corrected chi connectivity index (χ4v) is 1.78. The number of halogens is 4. The maximum Gasteiger partial charge on any atom is 0.433 e. The molecule has 2 N–H and O–H groups in total. The van der Waals surface area contributed by atoms with Crippen LogP contribution in [-0.4, -0.2) is 17.0 Å². The molecule has 0 atom stereocenters. The quantitative estimate of drug-likeness (QED) is 0.886. The number of anilines is 2. The fourth-order valence-electron chi connectivity index (χ4n) is 1.78. The normalized spacial score (nSPS) is 11.5.